The summed E-state index contributed by atoms with van der Waals surface area (Å²) in [7, 11) is 1.62. The molecule has 0 bridgehead atoms. The Kier molecular flexibility index (Phi) is 4.93. The van der Waals surface area contributed by atoms with Crippen LogP contribution in [0.15, 0.2) is 29.8 Å². The Labute approximate surface area is 139 Å². The zero-order valence-corrected chi connectivity index (χ0v) is 13.9. The Morgan fingerprint density at radius 1 is 1.43 bits per heavy atom. The van der Waals surface area contributed by atoms with Crippen molar-refractivity contribution in [2.45, 2.75) is 25.3 Å². The number of nitrogens with zero attached hydrogens (tertiary/aromatic N) is 2. The molecule has 0 radical (unpaired) electrons. The summed E-state index contributed by atoms with van der Waals surface area (Å²) in [5, 5.41) is 9.34. The first-order chi connectivity index (χ1) is 11.2. The third-order valence-corrected chi connectivity index (χ3v) is 4.79. The van der Waals surface area contributed by atoms with E-state index in [0.29, 0.717) is 23.9 Å². The van der Waals surface area contributed by atoms with E-state index < -0.39 is 0 Å². The monoisotopic (exact) mass is 332 g/mol. The fraction of sp³-hybridized carbons (Fsp3) is 0.412. The van der Waals surface area contributed by atoms with E-state index in [0.717, 1.165) is 29.8 Å². The van der Waals surface area contributed by atoms with Crippen molar-refractivity contribution in [3.05, 3.63) is 45.9 Å². The highest BCUT2D eigenvalue weighted by molar-refractivity contribution is 7.11. The lowest BCUT2D eigenvalue weighted by atomic mass is 10.1. The molecule has 0 saturated heterocycles. The molecule has 1 aromatic carbocycles. The van der Waals surface area contributed by atoms with Crippen LogP contribution in [-0.2, 0) is 6.54 Å². The second kappa shape index (κ2) is 7.10. The summed E-state index contributed by atoms with van der Waals surface area (Å²) in [6, 6.07) is 7.63. The fourth-order valence-electron chi connectivity index (χ4n) is 2.62. The number of carbonyl (C=O) groups is 1. The molecule has 1 fully saturated rings. The molecule has 1 amide bonds. The van der Waals surface area contributed by atoms with Crippen molar-refractivity contribution in [2.24, 2.45) is 0 Å². The largest absolute Gasteiger partial charge is 0.496 e. The molecule has 2 aromatic rings. The van der Waals surface area contributed by atoms with Gasteiger partial charge in [0.1, 0.15) is 10.6 Å². The van der Waals surface area contributed by atoms with Gasteiger partial charge in [-0.15, -0.1) is 11.3 Å². The van der Waals surface area contributed by atoms with E-state index in [4.69, 9.17) is 4.74 Å². The summed E-state index contributed by atoms with van der Waals surface area (Å²) in [6.45, 7) is 0.628. The van der Waals surface area contributed by atoms with Crippen LogP contribution in [0.25, 0.3) is 0 Å². The van der Waals surface area contributed by atoms with Gasteiger partial charge >= 0.3 is 0 Å². The normalized spacial score (nSPS) is 13.8. The number of amides is 1. The Morgan fingerprint density at radius 2 is 2.22 bits per heavy atom. The minimum atomic E-state index is -0.0710. The van der Waals surface area contributed by atoms with Gasteiger partial charge in [0, 0.05) is 24.6 Å². The number of rotatable bonds is 7. The number of benzene rings is 1. The lowest BCUT2D eigenvalue weighted by Gasteiger charge is -2.22. The standard InChI is InChI=1S/C17H20N2O3S/c1-22-14-5-3-2-4-13(14)10-19(8-9-20)17(21)16-15(12-6-7-12)18-11-23-16/h2-5,11-12,20H,6-10H2,1H3. The molecule has 0 aliphatic heterocycles. The van der Waals surface area contributed by atoms with Crippen LogP contribution >= 0.6 is 11.3 Å². The molecule has 1 aromatic heterocycles. The van der Waals surface area contributed by atoms with Crippen LogP contribution in [0.5, 0.6) is 5.75 Å². The van der Waals surface area contributed by atoms with Gasteiger partial charge in [-0.2, -0.15) is 0 Å². The molecular formula is C17H20N2O3S. The molecule has 1 aliphatic carbocycles. The summed E-state index contributed by atoms with van der Waals surface area (Å²) < 4.78 is 5.36. The lowest BCUT2D eigenvalue weighted by Crippen LogP contribution is -2.33. The maximum Gasteiger partial charge on any atom is 0.266 e. The zero-order valence-electron chi connectivity index (χ0n) is 13.1. The van der Waals surface area contributed by atoms with Gasteiger partial charge in [-0.05, 0) is 18.9 Å². The van der Waals surface area contributed by atoms with Crippen LogP contribution in [0.4, 0.5) is 0 Å². The second-order valence-electron chi connectivity index (χ2n) is 5.60. The molecule has 6 heteroatoms. The van der Waals surface area contributed by atoms with Crippen LogP contribution in [0, 0.1) is 0 Å². The molecule has 1 heterocycles. The maximum absolute atomic E-state index is 12.9. The minimum absolute atomic E-state index is 0.0608. The average molecular weight is 332 g/mol. The second-order valence-corrected chi connectivity index (χ2v) is 6.46. The van der Waals surface area contributed by atoms with Crippen molar-refractivity contribution in [1.29, 1.82) is 0 Å². The van der Waals surface area contributed by atoms with Crippen molar-refractivity contribution in [3.63, 3.8) is 0 Å². The molecule has 0 spiro atoms. The third kappa shape index (κ3) is 3.54. The summed E-state index contributed by atoms with van der Waals surface area (Å²) in [5.41, 5.74) is 3.58. The third-order valence-electron chi connectivity index (χ3n) is 3.96. The number of aliphatic hydroxyl groups excluding tert-OH is 1. The van der Waals surface area contributed by atoms with Crippen LogP contribution in [-0.4, -0.2) is 41.2 Å². The first-order valence-corrected chi connectivity index (χ1v) is 8.58. The predicted molar refractivity (Wildman–Crippen MR) is 88.9 cm³/mol. The minimum Gasteiger partial charge on any atom is -0.496 e. The van der Waals surface area contributed by atoms with Crippen molar-refractivity contribution in [2.75, 3.05) is 20.3 Å². The highest BCUT2D eigenvalue weighted by Gasteiger charge is 2.32. The SMILES string of the molecule is COc1ccccc1CN(CCO)C(=O)c1scnc1C1CC1. The van der Waals surface area contributed by atoms with Gasteiger partial charge in [-0.25, -0.2) is 4.98 Å². The smallest absolute Gasteiger partial charge is 0.266 e. The summed E-state index contributed by atoms with van der Waals surface area (Å²) in [6.07, 6.45) is 2.22. The van der Waals surface area contributed by atoms with Gasteiger partial charge < -0.3 is 14.7 Å². The Balaban J connectivity index is 1.83. The van der Waals surface area contributed by atoms with Gasteiger partial charge in [0.05, 0.1) is 24.9 Å². The number of hydrogen-bond acceptors (Lipinski definition) is 5. The molecule has 0 unspecified atom stereocenters. The van der Waals surface area contributed by atoms with E-state index in [1.54, 1.807) is 17.5 Å². The van der Waals surface area contributed by atoms with Gasteiger partial charge in [-0.3, -0.25) is 4.79 Å². The van der Waals surface area contributed by atoms with Crippen LogP contribution < -0.4 is 4.74 Å². The number of aliphatic hydroxyl groups is 1. The first kappa shape index (κ1) is 16.0. The van der Waals surface area contributed by atoms with Gasteiger partial charge in [-0.1, -0.05) is 18.2 Å². The number of para-hydroxylation sites is 1. The van der Waals surface area contributed by atoms with Crippen molar-refractivity contribution >= 4 is 17.2 Å². The molecule has 3 rings (SSSR count). The van der Waals surface area contributed by atoms with Gasteiger partial charge in [0.15, 0.2) is 0 Å². The quantitative estimate of drug-likeness (QED) is 0.847. The molecular weight excluding hydrogens is 312 g/mol. The average Bonchev–Trinajstić information content (AvgIpc) is 3.31. The molecule has 1 aliphatic rings. The van der Waals surface area contributed by atoms with E-state index in [1.165, 1.54) is 11.3 Å². The van der Waals surface area contributed by atoms with E-state index >= 15 is 0 Å². The summed E-state index contributed by atoms with van der Waals surface area (Å²) >= 11 is 1.39. The molecule has 1 N–H and O–H groups in total. The van der Waals surface area contributed by atoms with Crippen molar-refractivity contribution < 1.29 is 14.6 Å². The van der Waals surface area contributed by atoms with E-state index in [2.05, 4.69) is 4.98 Å². The fourth-order valence-corrected chi connectivity index (χ4v) is 3.46. The highest BCUT2D eigenvalue weighted by atomic mass is 32.1. The van der Waals surface area contributed by atoms with E-state index in [9.17, 15) is 9.90 Å². The topological polar surface area (TPSA) is 62.7 Å². The van der Waals surface area contributed by atoms with Crippen LogP contribution in [0.3, 0.4) is 0 Å². The number of hydrogen-bond donors (Lipinski definition) is 1. The summed E-state index contributed by atoms with van der Waals surface area (Å²) in [5.74, 6) is 1.12. The number of aromatic nitrogens is 1. The molecule has 5 nitrogen and oxygen atoms in total. The van der Waals surface area contributed by atoms with Crippen LogP contribution in [0.2, 0.25) is 0 Å². The molecule has 0 atom stereocenters. The van der Waals surface area contributed by atoms with Crippen molar-refractivity contribution in [1.82, 2.24) is 9.88 Å². The Morgan fingerprint density at radius 3 is 2.91 bits per heavy atom. The maximum atomic E-state index is 12.9. The Hall–Kier alpha value is -1.92. The number of ether oxygens (including phenoxy) is 1. The molecule has 122 valence electrons. The number of carbonyl (C=O) groups excluding carboxylic acids is 1. The number of methoxy groups -OCH3 is 1. The summed E-state index contributed by atoms with van der Waals surface area (Å²) in [4.78, 5) is 19.6. The molecule has 23 heavy (non-hydrogen) atoms. The zero-order chi connectivity index (χ0) is 16.2. The van der Waals surface area contributed by atoms with Crippen LogP contribution in [0.1, 0.15) is 39.7 Å². The van der Waals surface area contributed by atoms with Crippen molar-refractivity contribution in [3.8, 4) is 5.75 Å². The van der Waals surface area contributed by atoms with E-state index in [1.807, 2.05) is 24.3 Å². The van der Waals surface area contributed by atoms with Gasteiger partial charge in [0.2, 0.25) is 0 Å². The number of thiazole rings is 1. The predicted octanol–water partition coefficient (Wildman–Crippen LogP) is 2.66. The lowest BCUT2D eigenvalue weighted by molar-refractivity contribution is 0.0710. The first-order valence-electron chi connectivity index (χ1n) is 7.70. The highest BCUT2D eigenvalue weighted by Crippen LogP contribution is 2.42. The van der Waals surface area contributed by atoms with E-state index in [-0.39, 0.29) is 12.5 Å². The van der Waals surface area contributed by atoms with Gasteiger partial charge in [0.25, 0.3) is 5.91 Å². The Bertz CT molecular complexity index is 682. The molecule has 1 saturated carbocycles.